The number of nitrogens with two attached hydrogens (primary N) is 1. The summed E-state index contributed by atoms with van der Waals surface area (Å²) in [5.74, 6) is 0.175. The van der Waals surface area contributed by atoms with Crippen LogP contribution in [0.2, 0.25) is 5.02 Å². The summed E-state index contributed by atoms with van der Waals surface area (Å²) in [4.78, 5) is 0. The van der Waals surface area contributed by atoms with Crippen molar-refractivity contribution in [3.05, 3.63) is 27.3 Å². The van der Waals surface area contributed by atoms with Gasteiger partial charge in [-0.05, 0) is 43.0 Å². The third-order valence-corrected chi connectivity index (χ3v) is 3.03. The second kappa shape index (κ2) is 3.56. The quantitative estimate of drug-likeness (QED) is 0.730. The smallest absolute Gasteiger partial charge is 0.137 e. The molecule has 3 N–H and O–H groups in total. The Morgan fingerprint density at radius 3 is 2.15 bits per heavy atom. The minimum atomic E-state index is 0.175. The maximum absolute atomic E-state index is 9.62. The van der Waals surface area contributed by atoms with Gasteiger partial charge in [0.05, 0.1) is 5.02 Å². The summed E-state index contributed by atoms with van der Waals surface area (Å²) in [6, 6.07) is 0. The molecule has 0 spiro atoms. The monoisotopic (exact) mass is 199 g/mol. The van der Waals surface area contributed by atoms with Gasteiger partial charge in [0.1, 0.15) is 5.75 Å². The highest BCUT2D eigenvalue weighted by atomic mass is 35.5. The van der Waals surface area contributed by atoms with Crippen molar-refractivity contribution >= 4 is 11.6 Å². The lowest BCUT2D eigenvalue weighted by molar-refractivity contribution is 0.470. The topological polar surface area (TPSA) is 46.2 Å². The summed E-state index contributed by atoms with van der Waals surface area (Å²) >= 11 is 5.93. The Hall–Kier alpha value is -0.730. The van der Waals surface area contributed by atoms with Gasteiger partial charge in [0, 0.05) is 6.54 Å². The molecule has 0 unspecified atom stereocenters. The first kappa shape index (κ1) is 10.4. The van der Waals surface area contributed by atoms with Crippen molar-refractivity contribution in [3.8, 4) is 5.75 Å². The van der Waals surface area contributed by atoms with E-state index >= 15 is 0 Å². The van der Waals surface area contributed by atoms with Crippen LogP contribution in [0.25, 0.3) is 0 Å². The van der Waals surface area contributed by atoms with Crippen LogP contribution in [0, 0.1) is 20.8 Å². The first-order valence-electron chi connectivity index (χ1n) is 4.17. The highest BCUT2D eigenvalue weighted by molar-refractivity contribution is 6.33. The molecule has 0 bridgehead atoms. The molecule has 0 fully saturated rings. The van der Waals surface area contributed by atoms with Crippen molar-refractivity contribution in [2.45, 2.75) is 27.3 Å². The van der Waals surface area contributed by atoms with Crippen LogP contribution in [0.5, 0.6) is 5.75 Å². The van der Waals surface area contributed by atoms with Gasteiger partial charge in [-0.25, -0.2) is 0 Å². The van der Waals surface area contributed by atoms with E-state index in [4.69, 9.17) is 17.3 Å². The summed E-state index contributed by atoms with van der Waals surface area (Å²) in [5.41, 5.74) is 9.35. The number of aromatic hydroxyl groups is 1. The molecule has 1 aromatic rings. The fraction of sp³-hybridized carbons (Fsp3) is 0.400. The molecule has 0 aliphatic heterocycles. The molecule has 0 aliphatic rings. The Balaban J connectivity index is 3.56. The SMILES string of the molecule is Cc1c(C)c(CN)c(C)c(Cl)c1O. The van der Waals surface area contributed by atoms with Crippen molar-refractivity contribution in [2.75, 3.05) is 0 Å². The Kier molecular flexibility index (Phi) is 2.84. The summed E-state index contributed by atoms with van der Waals surface area (Å²) in [5, 5.41) is 10.0. The predicted octanol–water partition coefficient (Wildman–Crippen LogP) is 2.43. The highest BCUT2D eigenvalue weighted by Gasteiger charge is 2.13. The van der Waals surface area contributed by atoms with E-state index in [0.717, 1.165) is 22.3 Å². The first-order valence-corrected chi connectivity index (χ1v) is 4.55. The highest BCUT2D eigenvalue weighted by Crippen LogP contribution is 2.35. The molecule has 0 aromatic heterocycles. The molecular weight excluding hydrogens is 186 g/mol. The Labute approximate surface area is 83.3 Å². The normalized spacial score (nSPS) is 10.5. The van der Waals surface area contributed by atoms with Gasteiger partial charge in [0.15, 0.2) is 0 Å². The lowest BCUT2D eigenvalue weighted by Gasteiger charge is -2.14. The molecule has 0 saturated heterocycles. The minimum Gasteiger partial charge on any atom is -0.506 e. The lowest BCUT2D eigenvalue weighted by atomic mass is 9.97. The molecule has 0 radical (unpaired) electrons. The minimum absolute atomic E-state index is 0.175. The molecule has 2 nitrogen and oxygen atoms in total. The van der Waals surface area contributed by atoms with Crippen LogP contribution in [0.3, 0.4) is 0 Å². The van der Waals surface area contributed by atoms with Crippen LogP contribution in [0.1, 0.15) is 22.3 Å². The summed E-state index contributed by atoms with van der Waals surface area (Å²) in [6.45, 7) is 6.12. The summed E-state index contributed by atoms with van der Waals surface area (Å²) < 4.78 is 0. The molecule has 0 atom stereocenters. The molecule has 0 aliphatic carbocycles. The molecule has 13 heavy (non-hydrogen) atoms. The van der Waals surface area contributed by atoms with Gasteiger partial charge in [-0.1, -0.05) is 11.6 Å². The van der Waals surface area contributed by atoms with Crippen LogP contribution < -0.4 is 5.73 Å². The standard InChI is InChI=1S/C10H14ClNO/c1-5-6(2)10(13)9(11)7(3)8(5)4-12/h13H,4,12H2,1-3H3. The number of rotatable bonds is 1. The van der Waals surface area contributed by atoms with Crippen molar-refractivity contribution in [1.82, 2.24) is 0 Å². The summed E-state index contributed by atoms with van der Waals surface area (Å²) in [6.07, 6.45) is 0. The Bertz CT molecular complexity index is 318. The predicted molar refractivity (Wildman–Crippen MR) is 55.2 cm³/mol. The lowest BCUT2D eigenvalue weighted by Crippen LogP contribution is -2.04. The molecule has 0 saturated carbocycles. The maximum atomic E-state index is 9.62. The van der Waals surface area contributed by atoms with Crippen molar-refractivity contribution < 1.29 is 5.11 Å². The summed E-state index contributed by atoms with van der Waals surface area (Å²) in [7, 11) is 0. The van der Waals surface area contributed by atoms with E-state index in [1.165, 1.54) is 0 Å². The number of benzene rings is 1. The zero-order valence-electron chi connectivity index (χ0n) is 8.11. The molecule has 72 valence electrons. The second-order valence-electron chi connectivity index (χ2n) is 3.22. The number of hydrogen-bond acceptors (Lipinski definition) is 2. The number of phenolic OH excluding ortho intramolecular Hbond substituents is 1. The van der Waals surface area contributed by atoms with E-state index in [2.05, 4.69) is 0 Å². The van der Waals surface area contributed by atoms with E-state index in [1.54, 1.807) is 0 Å². The maximum Gasteiger partial charge on any atom is 0.137 e. The Morgan fingerprint density at radius 2 is 1.69 bits per heavy atom. The Morgan fingerprint density at radius 1 is 1.15 bits per heavy atom. The van der Waals surface area contributed by atoms with Gasteiger partial charge < -0.3 is 10.8 Å². The zero-order valence-corrected chi connectivity index (χ0v) is 8.87. The molecular formula is C10H14ClNO. The van der Waals surface area contributed by atoms with E-state index in [1.807, 2.05) is 20.8 Å². The van der Waals surface area contributed by atoms with E-state index in [-0.39, 0.29) is 5.75 Å². The van der Waals surface area contributed by atoms with Crippen LogP contribution in [0.15, 0.2) is 0 Å². The van der Waals surface area contributed by atoms with Crippen LogP contribution in [0.4, 0.5) is 0 Å². The van der Waals surface area contributed by atoms with Crippen molar-refractivity contribution in [1.29, 1.82) is 0 Å². The fourth-order valence-corrected chi connectivity index (χ4v) is 1.72. The van der Waals surface area contributed by atoms with Gasteiger partial charge in [-0.15, -0.1) is 0 Å². The van der Waals surface area contributed by atoms with Gasteiger partial charge >= 0.3 is 0 Å². The van der Waals surface area contributed by atoms with Gasteiger partial charge in [0.25, 0.3) is 0 Å². The van der Waals surface area contributed by atoms with E-state index < -0.39 is 0 Å². The fourth-order valence-electron chi connectivity index (χ4n) is 1.47. The van der Waals surface area contributed by atoms with Crippen molar-refractivity contribution in [2.24, 2.45) is 5.73 Å². The molecule has 3 heteroatoms. The van der Waals surface area contributed by atoms with Crippen molar-refractivity contribution in [3.63, 3.8) is 0 Å². The molecule has 0 amide bonds. The average Bonchev–Trinajstić information content (AvgIpc) is 2.13. The van der Waals surface area contributed by atoms with Crippen LogP contribution in [-0.4, -0.2) is 5.11 Å². The van der Waals surface area contributed by atoms with E-state index in [0.29, 0.717) is 11.6 Å². The zero-order chi connectivity index (χ0) is 10.2. The average molecular weight is 200 g/mol. The van der Waals surface area contributed by atoms with Crippen LogP contribution >= 0.6 is 11.6 Å². The molecule has 1 rings (SSSR count). The molecule has 1 aromatic carbocycles. The number of halogens is 1. The number of phenols is 1. The first-order chi connectivity index (χ1) is 6.00. The van der Waals surface area contributed by atoms with E-state index in [9.17, 15) is 5.11 Å². The van der Waals surface area contributed by atoms with Gasteiger partial charge in [-0.2, -0.15) is 0 Å². The number of hydrogen-bond donors (Lipinski definition) is 2. The van der Waals surface area contributed by atoms with Crippen LogP contribution in [-0.2, 0) is 6.54 Å². The third kappa shape index (κ3) is 1.52. The third-order valence-electron chi connectivity index (χ3n) is 2.56. The largest absolute Gasteiger partial charge is 0.506 e. The van der Waals surface area contributed by atoms with Gasteiger partial charge in [0.2, 0.25) is 0 Å². The van der Waals surface area contributed by atoms with Gasteiger partial charge in [-0.3, -0.25) is 0 Å². The second-order valence-corrected chi connectivity index (χ2v) is 3.60. The molecule has 0 heterocycles.